The van der Waals surface area contributed by atoms with Crippen LogP contribution in [0.3, 0.4) is 0 Å². The molecule has 2 heteroatoms. The van der Waals surface area contributed by atoms with Gasteiger partial charge < -0.3 is 5.73 Å². The first-order chi connectivity index (χ1) is 5.84. The van der Waals surface area contributed by atoms with Gasteiger partial charge in [0, 0.05) is 5.02 Å². The van der Waals surface area contributed by atoms with Crippen molar-refractivity contribution in [3.05, 3.63) is 40.9 Å². The topological polar surface area (TPSA) is 26.0 Å². The molecule has 64 valence electrons. The fourth-order valence-electron chi connectivity index (χ4n) is 0.917. The van der Waals surface area contributed by atoms with Crippen molar-refractivity contribution in [2.75, 3.05) is 6.54 Å². The fourth-order valence-corrected chi connectivity index (χ4v) is 1.12. The SMILES string of the molecule is NCC/C=C/c1ccccc1Cl. The summed E-state index contributed by atoms with van der Waals surface area (Å²) in [5.74, 6) is 0. The van der Waals surface area contributed by atoms with E-state index in [9.17, 15) is 0 Å². The average molecular weight is 182 g/mol. The van der Waals surface area contributed by atoms with Crippen LogP contribution in [0.4, 0.5) is 0 Å². The molecule has 0 fully saturated rings. The molecule has 12 heavy (non-hydrogen) atoms. The Labute approximate surface area is 77.8 Å². The minimum absolute atomic E-state index is 0.682. The summed E-state index contributed by atoms with van der Waals surface area (Å²) in [7, 11) is 0. The first-order valence-electron chi connectivity index (χ1n) is 3.95. The number of halogens is 1. The minimum atomic E-state index is 0.682. The maximum absolute atomic E-state index is 5.92. The van der Waals surface area contributed by atoms with Crippen LogP contribution in [0.5, 0.6) is 0 Å². The van der Waals surface area contributed by atoms with E-state index in [4.69, 9.17) is 17.3 Å². The fraction of sp³-hybridized carbons (Fsp3) is 0.200. The lowest BCUT2D eigenvalue weighted by Crippen LogP contribution is -1.94. The lowest BCUT2D eigenvalue weighted by molar-refractivity contribution is 1.01. The highest BCUT2D eigenvalue weighted by atomic mass is 35.5. The number of nitrogens with two attached hydrogens (primary N) is 1. The van der Waals surface area contributed by atoms with Crippen LogP contribution in [0.15, 0.2) is 30.3 Å². The van der Waals surface area contributed by atoms with Gasteiger partial charge in [-0.05, 0) is 24.6 Å². The summed E-state index contributed by atoms with van der Waals surface area (Å²) >= 11 is 5.92. The first-order valence-corrected chi connectivity index (χ1v) is 4.33. The molecule has 2 N–H and O–H groups in total. The van der Waals surface area contributed by atoms with Crippen LogP contribution >= 0.6 is 11.6 Å². The third kappa shape index (κ3) is 2.68. The molecule has 0 unspecified atom stereocenters. The van der Waals surface area contributed by atoms with E-state index >= 15 is 0 Å². The molecular formula is C10H12ClN. The largest absolute Gasteiger partial charge is 0.330 e. The van der Waals surface area contributed by atoms with Crippen molar-refractivity contribution < 1.29 is 0 Å². The molecule has 0 radical (unpaired) electrons. The Hall–Kier alpha value is -0.790. The van der Waals surface area contributed by atoms with Gasteiger partial charge in [-0.1, -0.05) is 42.0 Å². The number of benzene rings is 1. The summed E-state index contributed by atoms with van der Waals surface area (Å²) < 4.78 is 0. The van der Waals surface area contributed by atoms with Crippen molar-refractivity contribution in [1.82, 2.24) is 0 Å². The van der Waals surface area contributed by atoms with Crippen LogP contribution < -0.4 is 5.73 Å². The standard InChI is InChI=1S/C10H12ClN/c11-10-7-2-1-5-9(10)6-3-4-8-12/h1-3,5-7H,4,8,12H2/b6-3+. The van der Waals surface area contributed by atoms with Crippen LogP contribution in [0.2, 0.25) is 5.02 Å². The van der Waals surface area contributed by atoms with Gasteiger partial charge in [-0.15, -0.1) is 0 Å². The monoisotopic (exact) mass is 181 g/mol. The van der Waals surface area contributed by atoms with Gasteiger partial charge in [-0.3, -0.25) is 0 Å². The number of hydrogen-bond acceptors (Lipinski definition) is 1. The second kappa shape index (κ2) is 4.96. The molecule has 0 aliphatic heterocycles. The molecular weight excluding hydrogens is 170 g/mol. The first kappa shape index (κ1) is 9.30. The van der Waals surface area contributed by atoms with E-state index < -0.39 is 0 Å². The van der Waals surface area contributed by atoms with Crippen molar-refractivity contribution in [3.8, 4) is 0 Å². The maximum atomic E-state index is 5.92. The van der Waals surface area contributed by atoms with Gasteiger partial charge in [-0.25, -0.2) is 0 Å². The Morgan fingerprint density at radius 1 is 1.33 bits per heavy atom. The molecule has 1 aromatic carbocycles. The van der Waals surface area contributed by atoms with E-state index in [2.05, 4.69) is 0 Å². The van der Waals surface area contributed by atoms with Crippen LogP contribution in [-0.4, -0.2) is 6.54 Å². The molecule has 0 aliphatic carbocycles. The normalized spacial score (nSPS) is 10.8. The van der Waals surface area contributed by atoms with Crippen LogP contribution in [0.1, 0.15) is 12.0 Å². The van der Waals surface area contributed by atoms with Gasteiger partial charge in [0.05, 0.1) is 0 Å². The molecule has 0 spiro atoms. The summed E-state index contributed by atoms with van der Waals surface area (Å²) in [6.07, 6.45) is 4.92. The molecule has 0 aliphatic rings. The molecule has 0 saturated heterocycles. The zero-order chi connectivity index (χ0) is 8.81. The summed E-state index contributed by atoms with van der Waals surface area (Å²) in [5, 5.41) is 0.783. The Bertz CT molecular complexity index is 268. The third-order valence-corrected chi connectivity index (χ3v) is 1.88. The van der Waals surface area contributed by atoms with Gasteiger partial charge >= 0.3 is 0 Å². The van der Waals surface area contributed by atoms with E-state index in [1.165, 1.54) is 0 Å². The van der Waals surface area contributed by atoms with Gasteiger partial charge in [0.1, 0.15) is 0 Å². The van der Waals surface area contributed by atoms with E-state index in [0.717, 1.165) is 17.0 Å². The molecule has 0 aromatic heterocycles. The number of hydrogen-bond donors (Lipinski definition) is 1. The predicted octanol–water partition coefficient (Wildman–Crippen LogP) is 2.70. The molecule has 1 rings (SSSR count). The molecule has 0 saturated carbocycles. The van der Waals surface area contributed by atoms with Gasteiger partial charge in [0.15, 0.2) is 0 Å². The van der Waals surface area contributed by atoms with Gasteiger partial charge in [0.2, 0.25) is 0 Å². The zero-order valence-electron chi connectivity index (χ0n) is 6.83. The minimum Gasteiger partial charge on any atom is -0.330 e. The summed E-state index contributed by atoms with van der Waals surface area (Å²) in [6, 6.07) is 7.75. The average Bonchev–Trinajstić information content (AvgIpc) is 2.09. The van der Waals surface area contributed by atoms with Crippen LogP contribution in [0, 0.1) is 0 Å². The Balaban J connectivity index is 2.68. The van der Waals surface area contributed by atoms with Crippen molar-refractivity contribution >= 4 is 17.7 Å². The second-order valence-corrected chi connectivity index (χ2v) is 2.91. The van der Waals surface area contributed by atoms with E-state index in [0.29, 0.717) is 6.54 Å². The third-order valence-electron chi connectivity index (χ3n) is 1.54. The van der Waals surface area contributed by atoms with Gasteiger partial charge in [0.25, 0.3) is 0 Å². The summed E-state index contributed by atoms with van der Waals surface area (Å²) in [4.78, 5) is 0. The van der Waals surface area contributed by atoms with Crippen molar-refractivity contribution in [2.24, 2.45) is 5.73 Å². The highest BCUT2D eigenvalue weighted by Gasteiger charge is 1.91. The van der Waals surface area contributed by atoms with Crippen molar-refractivity contribution in [1.29, 1.82) is 0 Å². The summed E-state index contributed by atoms with van der Waals surface area (Å²) in [5.41, 5.74) is 6.40. The molecule has 0 heterocycles. The van der Waals surface area contributed by atoms with Crippen LogP contribution in [-0.2, 0) is 0 Å². The van der Waals surface area contributed by atoms with E-state index in [-0.39, 0.29) is 0 Å². The smallest absolute Gasteiger partial charge is 0.0478 e. The predicted molar refractivity (Wildman–Crippen MR) is 54.2 cm³/mol. The maximum Gasteiger partial charge on any atom is 0.0478 e. The lowest BCUT2D eigenvalue weighted by Gasteiger charge is -1.95. The quantitative estimate of drug-likeness (QED) is 0.763. The molecule has 0 atom stereocenters. The van der Waals surface area contributed by atoms with E-state index in [1.54, 1.807) is 0 Å². The molecule has 1 aromatic rings. The molecule has 0 amide bonds. The van der Waals surface area contributed by atoms with E-state index in [1.807, 2.05) is 36.4 Å². The van der Waals surface area contributed by atoms with Crippen LogP contribution in [0.25, 0.3) is 6.08 Å². The number of rotatable bonds is 3. The van der Waals surface area contributed by atoms with Crippen molar-refractivity contribution in [2.45, 2.75) is 6.42 Å². The Morgan fingerprint density at radius 2 is 2.08 bits per heavy atom. The zero-order valence-corrected chi connectivity index (χ0v) is 7.59. The Kier molecular flexibility index (Phi) is 3.85. The lowest BCUT2D eigenvalue weighted by atomic mass is 10.2. The highest BCUT2D eigenvalue weighted by Crippen LogP contribution is 2.16. The second-order valence-electron chi connectivity index (χ2n) is 2.50. The molecule has 0 bridgehead atoms. The Morgan fingerprint density at radius 3 is 2.75 bits per heavy atom. The van der Waals surface area contributed by atoms with Gasteiger partial charge in [-0.2, -0.15) is 0 Å². The highest BCUT2D eigenvalue weighted by molar-refractivity contribution is 6.32. The van der Waals surface area contributed by atoms with Crippen molar-refractivity contribution in [3.63, 3.8) is 0 Å². The summed E-state index contributed by atoms with van der Waals surface area (Å²) in [6.45, 7) is 0.682. The molecule has 1 nitrogen and oxygen atoms in total.